The standard InChI is InChI=1S/C8H12.2C2H5O2P.BF4.Rh/c1-2-4-6-8-7-5-3-1;2*1-2-4-5-3-1;2-1(3,4)5;/h1-2,7-8H,3-6H2;2*5H,1-2H2;;/q;;;-1;/b2-1-,8-7?;;;;. The Hall–Kier alpha value is 0.588. The zero-order valence-corrected chi connectivity index (χ0v) is 16.7. The van der Waals surface area contributed by atoms with Crippen LogP contribution in [-0.2, 0) is 37.6 Å². The minimum absolute atomic E-state index is 0. The monoisotopic (exact) mass is 482 g/mol. The van der Waals surface area contributed by atoms with Crippen molar-refractivity contribution in [2.45, 2.75) is 25.7 Å². The number of hydrogen-bond acceptors (Lipinski definition) is 4. The molecule has 0 aromatic heterocycles. The van der Waals surface area contributed by atoms with Gasteiger partial charge in [0, 0.05) is 19.5 Å². The van der Waals surface area contributed by atoms with Crippen LogP contribution >= 0.6 is 18.1 Å². The maximum atomic E-state index is 9.75. The Balaban J connectivity index is 0. The van der Waals surface area contributed by atoms with E-state index < -0.39 is 7.25 Å². The smallest absolute Gasteiger partial charge is 0.418 e. The van der Waals surface area contributed by atoms with Crippen LogP contribution in [0.25, 0.3) is 0 Å². The summed E-state index contributed by atoms with van der Waals surface area (Å²) < 4.78 is 58.0. The quantitative estimate of drug-likeness (QED) is 0.210. The van der Waals surface area contributed by atoms with Gasteiger partial charge in [0.15, 0.2) is 18.1 Å². The molecular formula is C12H22BF4O4P2Rh-. The number of rotatable bonds is 0. The number of hydrogen-bond donors (Lipinski definition) is 0. The fourth-order valence-corrected chi connectivity index (χ4v) is 2.11. The van der Waals surface area contributed by atoms with Crippen LogP contribution in [0.15, 0.2) is 24.3 Å². The summed E-state index contributed by atoms with van der Waals surface area (Å²) in [5, 5.41) is 0. The van der Waals surface area contributed by atoms with Gasteiger partial charge < -0.3 is 35.4 Å². The minimum atomic E-state index is -6.00. The molecule has 1 radical (unpaired) electrons. The van der Waals surface area contributed by atoms with E-state index in [1.807, 2.05) is 0 Å². The molecule has 0 unspecified atom stereocenters. The van der Waals surface area contributed by atoms with Gasteiger partial charge in [-0.15, -0.1) is 0 Å². The number of allylic oxidation sites excluding steroid dienone is 4. The van der Waals surface area contributed by atoms with E-state index in [1.54, 1.807) is 0 Å². The molecule has 4 nitrogen and oxygen atoms in total. The van der Waals surface area contributed by atoms with Crippen LogP contribution in [0.1, 0.15) is 25.7 Å². The molecule has 0 spiro atoms. The maximum Gasteiger partial charge on any atom is 0.673 e. The molecule has 24 heavy (non-hydrogen) atoms. The Kier molecular flexibility index (Phi) is 22.2. The second kappa shape index (κ2) is 19.9. The van der Waals surface area contributed by atoms with Crippen molar-refractivity contribution in [1.82, 2.24) is 0 Å². The summed E-state index contributed by atoms with van der Waals surface area (Å²) in [6.45, 7) is 3.16. The molecule has 2 aliphatic heterocycles. The van der Waals surface area contributed by atoms with Gasteiger partial charge in [-0.25, -0.2) is 0 Å². The van der Waals surface area contributed by atoms with Gasteiger partial charge in [-0.05, 0) is 25.7 Å². The third kappa shape index (κ3) is 30.5. The molecular weight excluding hydrogens is 460 g/mol. The van der Waals surface area contributed by atoms with Crippen molar-refractivity contribution in [3.8, 4) is 0 Å². The molecule has 0 N–H and O–H groups in total. The topological polar surface area (TPSA) is 36.9 Å². The van der Waals surface area contributed by atoms with Crippen LogP contribution in [0.3, 0.4) is 0 Å². The van der Waals surface area contributed by atoms with E-state index in [2.05, 4.69) is 24.3 Å². The Morgan fingerprint density at radius 1 is 0.583 bits per heavy atom. The third-order valence-corrected chi connectivity index (χ3v) is 3.43. The van der Waals surface area contributed by atoms with Gasteiger partial charge in [-0.2, -0.15) is 0 Å². The molecule has 0 aromatic carbocycles. The average molecular weight is 482 g/mol. The van der Waals surface area contributed by atoms with E-state index in [0.29, 0.717) is 18.1 Å². The summed E-state index contributed by atoms with van der Waals surface area (Å²) in [4.78, 5) is 0. The van der Waals surface area contributed by atoms with Crippen LogP contribution < -0.4 is 0 Å². The normalized spacial score (nSPS) is 20.5. The number of halogens is 4. The predicted molar refractivity (Wildman–Crippen MR) is 87.4 cm³/mol. The van der Waals surface area contributed by atoms with Crippen molar-refractivity contribution >= 4 is 25.3 Å². The first kappa shape index (κ1) is 26.8. The van der Waals surface area contributed by atoms with Crippen molar-refractivity contribution < 1.29 is 54.8 Å². The van der Waals surface area contributed by atoms with E-state index in [1.165, 1.54) is 25.7 Å². The Bertz CT molecular complexity index is 261. The van der Waals surface area contributed by atoms with Crippen LogP contribution in [0.2, 0.25) is 0 Å². The molecule has 0 bridgehead atoms. The summed E-state index contributed by atoms with van der Waals surface area (Å²) in [5.74, 6) is 0. The molecule has 3 aliphatic rings. The predicted octanol–water partition coefficient (Wildman–Crippen LogP) is 5.05. The summed E-state index contributed by atoms with van der Waals surface area (Å²) in [6, 6.07) is 0. The van der Waals surface area contributed by atoms with Crippen LogP contribution in [0.4, 0.5) is 17.3 Å². The summed E-state index contributed by atoms with van der Waals surface area (Å²) in [6.07, 6.45) is 14.0. The summed E-state index contributed by atoms with van der Waals surface area (Å²) in [7, 11) is -5.38. The molecule has 2 heterocycles. The van der Waals surface area contributed by atoms with Gasteiger partial charge in [-0.1, -0.05) is 24.3 Å². The van der Waals surface area contributed by atoms with E-state index in [-0.39, 0.29) is 19.5 Å². The fraction of sp³-hybridized carbons (Fsp3) is 0.667. The van der Waals surface area contributed by atoms with Gasteiger partial charge in [-0.3, -0.25) is 0 Å². The largest absolute Gasteiger partial charge is 0.673 e. The second-order valence-electron chi connectivity index (χ2n) is 4.15. The maximum absolute atomic E-state index is 9.75. The van der Waals surface area contributed by atoms with Crippen molar-refractivity contribution in [1.29, 1.82) is 0 Å². The zero-order chi connectivity index (χ0) is 17.2. The molecule has 145 valence electrons. The summed E-state index contributed by atoms with van der Waals surface area (Å²) >= 11 is 0. The van der Waals surface area contributed by atoms with Crippen molar-refractivity contribution in [2.24, 2.45) is 0 Å². The molecule has 3 rings (SSSR count). The molecule has 0 saturated carbocycles. The van der Waals surface area contributed by atoms with Crippen LogP contribution in [-0.4, -0.2) is 33.7 Å². The van der Waals surface area contributed by atoms with Crippen molar-refractivity contribution in [3.63, 3.8) is 0 Å². The van der Waals surface area contributed by atoms with Gasteiger partial charge >= 0.3 is 7.25 Å². The van der Waals surface area contributed by atoms with Crippen LogP contribution in [0.5, 0.6) is 0 Å². The Labute approximate surface area is 156 Å². The molecule has 2 fully saturated rings. The van der Waals surface area contributed by atoms with Crippen LogP contribution in [0, 0.1) is 0 Å². The molecule has 0 amide bonds. The molecule has 2 saturated heterocycles. The first-order chi connectivity index (χ1) is 11.0. The SMILES string of the molecule is C1=CCC/C=C\CC1.C1COPO1.C1COPO1.F[B-](F)(F)F.[Rh]. The first-order valence-electron chi connectivity index (χ1n) is 7.14. The van der Waals surface area contributed by atoms with Gasteiger partial charge in [0.2, 0.25) is 0 Å². The van der Waals surface area contributed by atoms with E-state index >= 15 is 0 Å². The van der Waals surface area contributed by atoms with E-state index in [4.69, 9.17) is 18.1 Å². The molecule has 1 aliphatic carbocycles. The minimum Gasteiger partial charge on any atom is -0.418 e. The van der Waals surface area contributed by atoms with Gasteiger partial charge in [0.05, 0.1) is 26.4 Å². The van der Waals surface area contributed by atoms with E-state index in [0.717, 1.165) is 26.4 Å². The van der Waals surface area contributed by atoms with Crippen molar-refractivity contribution in [3.05, 3.63) is 24.3 Å². The summed E-state index contributed by atoms with van der Waals surface area (Å²) in [5.41, 5.74) is 0. The zero-order valence-electron chi connectivity index (χ0n) is 13.0. The first-order valence-corrected chi connectivity index (χ1v) is 8.78. The average Bonchev–Trinajstić information content (AvgIpc) is 3.16. The van der Waals surface area contributed by atoms with E-state index in [9.17, 15) is 17.3 Å². The molecule has 0 aromatic rings. The van der Waals surface area contributed by atoms with Gasteiger partial charge in [0.25, 0.3) is 0 Å². The Morgan fingerprint density at radius 3 is 0.917 bits per heavy atom. The van der Waals surface area contributed by atoms with Crippen molar-refractivity contribution in [2.75, 3.05) is 26.4 Å². The van der Waals surface area contributed by atoms with Gasteiger partial charge in [0.1, 0.15) is 0 Å². The molecule has 12 heteroatoms. The fourth-order valence-electron chi connectivity index (χ4n) is 1.27. The molecule has 0 atom stereocenters. The second-order valence-corrected chi connectivity index (χ2v) is 5.64. The third-order valence-electron chi connectivity index (χ3n) is 2.14. The Morgan fingerprint density at radius 2 is 0.792 bits per heavy atom.